The van der Waals surface area contributed by atoms with E-state index in [9.17, 15) is 14.9 Å². The van der Waals surface area contributed by atoms with Crippen LogP contribution in [-0.4, -0.2) is 29.3 Å². The maximum absolute atomic E-state index is 14.5. The number of nitrogens with one attached hydrogen (secondary N) is 1. The van der Waals surface area contributed by atoms with Gasteiger partial charge in [0, 0.05) is 34.9 Å². The van der Waals surface area contributed by atoms with Crippen molar-refractivity contribution in [2.45, 2.75) is 19.5 Å². The molecule has 7 rings (SSSR count). The fourth-order valence-electron chi connectivity index (χ4n) is 6.28. The van der Waals surface area contributed by atoms with E-state index >= 15 is 0 Å². The van der Waals surface area contributed by atoms with E-state index in [-0.39, 0.29) is 11.5 Å². The van der Waals surface area contributed by atoms with Gasteiger partial charge in [-0.2, -0.15) is 5.26 Å². The minimum atomic E-state index is -0.786. The second-order valence-corrected chi connectivity index (χ2v) is 12.5. The van der Waals surface area contributed by atoms with Crippen molar-refractivity contribution in [3.05, 3.63) is 156 Å². The van der Waals surface area contributed by atoms with E-state index in [1.165, 1.54) is 11.3 Å². The Balaban J connectivity index is 1.38. The maximum atomic E-state index is 14.5. The number of thiazole rings is 1. The first-order valence-corrected chi connectivity index (χ1v) is 16.4. The number of rotatable bonds is 8. The second kappa shape index (κ2) is 13.1. The third-order valence-electron chi connectivity index (χ3n) is 8.61. The second-order valence-electron chi connectivity index (χ2n) is 11.5. The number of nitrogens with zero attached hydrogens (tertiary/aromatic N) is 4. The van der Waals surface area contributed by atoms with Gasteiger partial charge in [0.1, 0.15) is 0 Å². The largest absolute Gasteiger partial charge is 0.493 e. The van der Waals surface area contributed by atoms with Gasteiger partial charge in [-0.3, -0.25) is 14.2 Å². The van der Waals surface area contributed by atoms with Crippen LogP contribution in [0, 0.1) is 11.3 Å². The smallest absolute Gasteiger partial charge is 0.271 e. The number of allylic oxidation sites excluding steroid dienone is 1. The first kappa shape index (κ1) is 31.4. The third kappa shape index (κ3) is 5.81. The summed E-state index contributed by atoms with van der Waals surface area (Å²) in [7, 11) is 3.11. The van der Waals surface area contributed by atoms with Gasteiger partial charge in [0.05, 0.1) is 47.7 Å². The molecule has 0 fully saturated rings. The van der Waals surface area contributed by atoms with Crippen LogP contribution in [-0.2, 0) is 11.3 Å². The predicted molar refractivity (Wildman–Crippen MR) is 191 cm³/mol. The lowest BCUT2D eigenvalue weighted by atomic mass is 9.94. The van der Waals surface area contributed by atoms with Crippen molar-refractivity contribution in [1.82, 2.24) is 9.13 Å². The SMILES string of the molecule is COc1ccc([C@H]2C(C(=O)Nc3ccccc3)=C(C)N=c3s/c(=C\c4cn(Cc5ccccc5C#N)c5ccccc45)c(=O)n32)cc1OC. The van der Waals surface area contributed by atoms with E-state index < -0.39 is 6.04 Å². The van der Waals surface area contributed by atoms with Crippen molar-refractivity contribution in [3.8, 4) is 17.6 Å². The molecular formula is C39H31N5O4S. The van der Waals surface area contributed by atoms with Crippen molar-refractivity contribution < 1.29 is 14.3 Å². The fraction of sp³-hybridized carbons (Fsp3) is 0.128. The number of benzene rings is 4. The van der Waals surface area contributed by atoms with Crippen molar-refractivity contribution in [2.75, 3.05) is 19.5 Å². The highest BCUT2D eigenvalue weighted by molar-refractivity contribution is 7.07. The Kier molecular flexibility index (Phi) is 8.43. The van der Waals surface area contributed by atoms with E-state index in [0.717, 1.165) is 22.0 Å². The molecule has 0 bridgehead atoms. The fourth-order valence-corrected chi connectivity index (χ4v) is 7.32. The van der Waals surface area contributed by atoms with Gasteiger partial charge >= 0.3 is 0 Å². The van der Waals surface area contributed by atoms with E-state index in [1.807, 2.05) is 97.2 Å². The number of para-hydroxylation sites is 2. The zero-order chi connectivity index (χ0) is 34.1. The summed E-state index contributed by atoms with van der Waals surface area (Å²) in [6, 6.07) is 31.6. The van der Waals surface area contributed by atoms with Gasteiger partial charge in [-0.25, -0.2) is 4.99 Å². The molecule has 2 aromatic heterocycles. The first-order valence-electron chi connectivity index (χ1n) is 15.6. The van der Waals surface area contributed by atoms with Crippen LogP contribution in [0.1, 0.15) is 35.2 Å². The highest BCUT2D eigenvalue weighted by Crippen LogP contribution is 2.36. The molecule has 242 valence electrons. The number of methoxy groups -OCH3 is 2. The Bertz CT molecular complexity index is 2500. The summed E-state index contributed by atoms with van der Waals surface area (Å²) >= 11 is 1.28. The molecule has 0 saturated heterocycles. The molecule has 10 heteroatoms. The van der Waals surface area contributed by atoms with Crippen LogP contribution in [0.2, 0.25) is 0 Å². The summed E-state index contributed by atoms with van der Waals surface area (Å²) in [6.07, 6.45) is 3.89. The van der Waals surface area contributed by atoms with Crippen LogP contribution >= 0.6 is 11.3 Å². The van der Waals surface area contributed by atoms with Gasteiger partial charge in [-0.05, 0) is 60.5 Å². The molecule has 9 nitrogen and oxygen atoms in total. The topological polar surface area (TPSA) is 111 Å². The average molecular weight is 666 g/mol. The van der Waals surface area contributed by atoms with Crippen molar-refractivity contribution in [2.24, 2.45) is 4.99 Å². The number of hydrogen-bond donors (Lipinski definition) is 1. The van der Waals surface area contributed by atoms with Crippen molar-refractivity contribution in [3.63, 3.8) is 0 Å². The summed E-state index contributed by atoms with van der Waals surface area (Å²) in [6.45, 7) is 2.29. The number of carbonyl (C=O) groups excluding carboxylic acids is 1. The molecule has 1 amide bonds. The molecule has 1 aliphatic heterocycles. The Labute approximate surface area is 285 Å². The maximum Gasteiger partial charge on any atom is 0.271 e. The molecule has 49 heavy (non-hydrogen) atoms. The molecule has 1 atom stereocenters. The Morgan fingerprint density at radius 2 is 1.71 bits per heavy atom. The highest BCUT2D eigenvalue weighted by atomic mass is 32.1. The number of fused-ring (bicyclic) bond motifs is 2. The number of aromatic nitrogens is 2. The van der Waals surface area contributed by atoms with E-state index in [0.29, 0.717) is 55.5 Å². The number of carbonyl (C=O) groups is 1. The minimum absolute atomic E-state index is 0.271. The third-order valence-corrected chi connectivity index (χ3v) is 9.59. The molecule has 0 spiro atoms. The van der Waals surface area contributed by atoms with Crippen molar-refractivity contribution in [1.29, 1.82) is 5.26 Å². The van der Waals surface area contributed by atoms with Crippen LogP contribution in [0.15, 0.2) is 124 Å². The zero-order valence-electron chi connectivity index (χ0n) is 27.0. The molecule has 1 aliphatic rings. The minimum Gasteiger partial charge on any atom is -0.493 e. The van der Waals surface area contributed by atoms with Gasteiger partial charge < -0.3 is 19.4 Å². The van der Waals surface area contributed by atoms with Crippen molar-refractivity contribution >= 4 is 39.9 Å². The van der Waals surface area contributed by atoms with Crippen LogP contribution < -0.4 is 29.7 Å². The molecule has 0 unspecified atom stereocenters. The van der Waals surface area contributed by atoms with E-state index in [4.69, 9.17) is 14.5 Å². The Morgan fingerprint density at radius 3 is 2.49 bits per heavy atom. The summed E-state index contributed by atoms with van der Waals surface area (Å²) in [5, 5.41) is 13.6. The van der Waals surface area contributed by atoms with Crippen LogP contribution in [0.3, 0.4) is 0 Å². The van der Waals surface area contributed by atoms with Crippen LogP contribution in [0.25, 0.3) is 17.0 Å². The quantitative estimate of drug-likeness (QED) is 0.222. The standard InChI is InChI=1S/C39H31N5O4S/c1-24-35(37(45)42-29-13-5-4-6-14-29)36(25-17-18-32(47-2)33(19-25)48-3)44-38(46)34(49-39(44)41-24)20-28-23-43(31-16-10-9-15-30(28)31)22-27-12-8-7-11-26(27)21-40/h4-20,23,36H,22H2,1-3H3,(H,42,45)/b34-20-/t36-/m0/s1. The monoisotopic (exact) mass is 665 g/mol. The van der Waals surface area contributed by atoms with Crippen LogP contribution in [0.4, 0.5) is 5.69 Å². The highest BCUT2D eigenvalue weighted by Gasteiger charge is 2.33. The number of anilines is 1. The lowest BCUT2D eigenvalue weighted by Crippen LogP contribution is -2.40. The average Bonchev–Trinajstić information content (AvgIpc) is 3.63. The zero-order valence-corrected chi connectivity index (χ0v) is 27.8. The first-order chi connectivity index (χ1) is 23.9. The molecule has 3 heterocycles. The number of ether oxygens (including phenoxy) is 2. The molecular weight excluding hydrogens is 635 g/mol. The molecule has 0 aliphatic carbocycles. The Morgan fingerprint density at radius 1 is 0.980 bits per heavy atom. The molecule has 0 saturated carbocycles. The summed E-state index contributed by atoms with van der Waals surface area (Å²) in [4.78, 5) is 33.7. The molecule has 6 aromatic rings. The van der Waals surface area contributed by atoms with Gasteiger partial charge in [-0.15, -0.1) is 0 Å². The normalized spacial score (nSPS) is 14.2. The number of nitriles is 1. The number of hydrogen-bond acceptors (Lipinski definition) is 7. The number of amides is 1. The van der Waals surface area contributed by atoms with Gasteiger partial charge in [0.2, 0.25) is 0 Å². The van der Waals surface area contributed by atoms with Gasteiger partial charge in [-0.1, -0.05) is 72.0 Å². The Hall–Kier alpha value is -6.18. The summed E-state index contributed by atoms with van der Waals surface area (Å²) in [5.41, 5.74) is 5.25. The summed E-state index contributed by atoms with van der Waals surface area (Å²) < 4.78 is 15.3. The lowest BCUT2D eigenvalue weighted by Gasteiger charge is -2.26. The van der Waals surface area contributed by atoms with E-state index in [2.05, 4.69) is 16.0 Å². The summed E-state index contributed by atoms with van der Waals surface area (Å²) in [5.74, 6) is 0.649. The molecule has 1 N–H and O–H groups in total. The molecule has 0 radical (unpaired) electrons. The molecule has 4 aromatic carbocycles. The van der Waals surface area contributed by atoms with Crippen LogP contribution in [0.5, 0.6) is 11.5 Å². The van der Waals surface area contributed by atoms with Gasteiger partial charge in [0.15, 0.2) is 16.3 Å². The lowest BCUT2D eigenvalue weighted by molar-refractivity contribution is -0.113. The van der Waals surface area contributed by atoms with Gasteiger partial charge in [0.25, 0.3) is 11.5 Å². The van der Waals surface area contributed by atoms with E-state index in [1.54, 1.807) is 37.8 Å². The predicted octanol–water partition coefficient (Wildman–Crippen LogP) is 5.77.